The molecule has 2 heterocycles. The van der Waals surface area contributed by atoms with E-state index < -0.39 is 0 Å². The first-order chi connectivity index (χ1) is 13.0. The Balaban J connectivity index is 1.51. The zero-order valence-electron chi connectivity index (χ0n) is 14.7. The van der Waals surface area contributed by atoms with E-state index in [0.29, 0.717) is 22.2 Å². The highest BCUT2D eigenvalue weighted by molar-refractivity contribution is 7.99. The van der Waals surface area contributed by atoms with Crippen LogP contribution in [0.2, 0.25) is 0 Å². The van der Waals surface area contributed by atoms with Gasteiger partial charge in [0.15, 0.2) is 0 Å². The number of carbonyl (C=O) groups excluding carboxylic acids is 2. The summed E-state index contributed by atoms with van der Waals surface area (Å²) < 4.78 is 6.77. The molecular weight excluding hydrogens is 368 g/mol. The number of anilines is 1. The van der Waals surface area contributed by atoms with Gasteiger partial charge in [-0.25, -0.2) is 4.68 Å². The molecule has 0 aliphatic heterocycles. The highest BCUT2D eigenvalue weighted by Gasteiger charge is 2.14. The molecule has 9 nitrogen and oxygen atoms in total. The second-order valence-corrected chi connectivity index (χ2v) is 6.65. The largest absolute Gasteiger partial charge is 0.467 e. The quantitative estimate of drug-likeness (QED) is 0.597. The number of tetrazole rings is 1. The van der Waals surface area contributed by atoms with Crippen molar-refractivity contribution in [1.82, 2.24) is 25.5 Å². The molecule has 10 heteroatoms. The monoisotopic (exact) mass is 386 g/mol. The first-order valence-corrected chi connectivity index (χ1v) is 9.11. The number of benzene rings is 1. The van der Waals surface area contributed by atoms with E-state index >= 15 is 0 Å². The highest BCUT2D eigenvalue weighted by atomic mass is 32.2. The molecule has 1 unspecified atom stereocenters. The lowest BCUT2D eigenvalue weighted by Gasteiger charge is -2.12. The number of thioether (sulfide) groups is 1. The van der Waals surface area contributed by atoms with Crippen LogP contribution < -0.4 is 10.6 Å². The second kappa shape index (κ2) is 8.49. The number of hydrogen-bond acceptors (Lipinski definition) is 7. The Labute approximate surface area is 159 Å². The standard InChI is InChI=1S/C17H18N6O3S/c1-11(14-4-3-9-26-14)18-16(25)12-5-7-13(8-6-12)19-15(24)10-27-17-20-21-22-23(17)2/h3-9,11H,10H2,1-2H3,(H,18,25)(H,19,24). The lowest BCUT2D eigenvalue weighted by molar-refractivity contribution is -0.113. The van der Waals surface area contributed by atoms with E-state index in [4.69, 9.17) is 4.42 Å². The number of amides is 2. The Bertz CT molecular complexity index is 907. The van der Waals surface area contributed by atoms with E-state index in [1.807, 2.05) is 6.92 Å². The molecule has 140 valence electrons. The average Bonchev–Trinajstić information content (AvgIpc) is 3.32. The van der Waals surface area contributed by atoms with Gasteiger partial charge in [-0.1, -0.05) is 11.8 Å². The van der Waals surface area contributed by atoms with E-state index in [9.17, 15) is 9.59 Å². The number of aromatic nitrogens is 4. The van der Waals surface area contributed by atoms with Crippen LogP contribution in [0.1, 0.15) is 29.1 Å². The molecule has 0 spiro atoms. The van der Waals surface area contributed by atoms with E-state index in [2.05, 4.69) is 26.2 Å². The summed E-state index contributed by atoms with van der Waals surface area (Å²) in [5.41, 5.74) is 1.10. The van der Waals surface area contributed by atoms with Crippen LogP contribution in [0.15, 0.2) is 52.2 Å². The number of nitrogens with zero attached hydrogens (tertiary/aromatic N) is 4. The lowest BCUT2D eigenvalue weighted by atomic mass is 10.1. The van der Waals surface area contributed by atoms with Gasteiger partial charge in [-0.05, 0) is 53.7 Å². The fourth-order valence-corrected chi connectivity index (χ4v) is 2.91. The maximum atomic E-state index is 12.3. The first-order valence-electron chi connectivity index (χ1n) is 8.12. The fraction of sp³-hybridized carbons (Fsp3) is 0.235. The van der Waals surface area contributed by atoms with Gasteiger partial charge in [-0.2, -0.15) is 0 Å². The molecule has 0 aliphatic carbocycles. The number of furan rings is 1. The van der Waals surface area contributed by atoms with Crippen LogP contribution in [0.25, 0.3) is 0 Å². The first kappa shape index (κ1) is 18.6. The van der Waals surface area contributed by atoms with E-state index in [1.54, 1.807) is 49.7 Å². The van der Waals surface area contributed by atoms with Gasteiger partial charge in [-0.3, -0.25) is 9.59 Å². The molecule has 3 aromatic rings. The molecule has 2 aromatic heterocycles. The Morgan fingerprint density at radius 3 is 2.67 bits per heavy atom. The summed E-state index contributed by atoms with van der Waals surface area (Å²) in [7, 11) is 1.71. The predicted molar refractivity (Wildman–Crippen MR) is 99.2 cm³/mol. The van der Waals surface area contributed by atoms with Gasteiger partial charge in [0.05, 0.1) is 18.1 Å². The van der Waals surface area contributed by atoms with Gasteiger partial charge >= 0.3 is 0 Å². The summed E-state index contributed by atoms with van der Waals surface area (Å²) in [5, 5.41) is 17.2. The molecule has 27 heavy (non-hydrogen) atoms. The minimum absolute atomic E-state index is 0.178. The summed E-state index contributed by atoms with van der Waals surface area (Å²) in [4.78, 5) is 24.3. The molecule has 2 amide bonds. The number of aryl methyl sites for hydroxylation is 1. The van der Waals surface area contributed by atoms with Crippen LogP contribution >= 0.6 is 11.8 Å². The average molecular weight is 386 g/mol. The minimum atomic E-state index is -0.237. The number of hydrogen-bond donors (Lipinski definition) is 2. The van der Waals surface area contributed by atoms with Crippen molar-refractivity contribution in [2.24, 2.45) is 7.05 Å². The zero-order valence-corrected chi connectivity index (χ0v) is 15.6. The molecule has 2 N–H and O–H groups in total. The Morgan fingerprint density at radius 2 is 2.04 bits per heavy atom. The molecule has 0 fully saturated rings. The van der Waals surface area contributed by atoms with Crippen molar-refractivity contribution in [3.63, 3.8) is 0 Å². The fourth-order valence-electron chi connectivity index (χ4n) is 2.26. The molecule has 0 saturated heterocycles. The maximum absolute atomic E-state index is 12.3. The van der Waals surface area contributed by atoms with Crippen LogP contribution in [0.5, 0.6) is 0 Å². The Morgan fingerprint density at radius 1 is 1.26 bits per heavy atom. The Hall–Kier alpha value is -3.14. The third kappa shape index (κ3) is 4.94. The lowest BCUT2D eigenvalue weighted by Crippen LogP contribution is -2.26. The molecule has 0 saturated carbocycles. The van der Waals surface area contributed by atoms with Crippen molar-refractivity contribution >= 4 is 29.3 Å². The molecule has 1 atom stereocenters. The van der Waals surface area contributed by atoms with Gasteiger partial charge in [0.1, 0.15) is 5.76 Å². The zero-order chi connectivity index (χ0) is 19.2. The van der Waals surface area contributed by atoms with Gasteiger partial charge < -0.3 is 15.1 Å². The van der Waals surface area contributed by atoms with Crippen molar-refractivity contribution in [1.29, 1.82) is 0 Å². The van der Waals surface area contributed by atoms with Gasteiger partial charge in [0, 0.05) is 18.3 Å². The normalized spacial score (nSPS) is 11.8. The van der Waals surface area contributed by atoms with Crippen LogP contribution in [0.3, 0.4) is 0 Å². The van der Waals surface area contributed by atoms with Crippen LogP contribution in [0, 0.1) is 0 Å². The van der Waals surface area contributed by atoms with Crippen molar-refractivity contribution < 1.29 is 14.0 Å². The summed E-state index contributed by atoms with van der Waals surface area (Å²) in [5.74, 6) is 0.452. The van der Waals surface area contributed by atoms with Crippen molar-refractivity contribution in [2.75, 3.05) is 11.1 Å². The van der Waals surface area contributed by atoms with Crippen molar-refractivity contribution in [3.05, 3.63) is 54.0 Å². The predicted octanol–water partition coefficient (Wildman–Crippen LogP) is 2.02. The number of rotatable bonds is 7. The molecule has 0 radical (unpaired) electrons. The van der Waals surface area contributed by atoms with Crippen LogP contribution in [-0.2, 0) is 11.8 Å². The van der Waals surface area contributed by atoms with E-state index in [-0.39, 0.29) is 23.6 Å². The summed E-state index contributed by atoms with van der Waals surface area (Å²) in [6, 6.07) is 10.0. The number of carbonyl (C=O) groups is 2. The van der Waals surface area contributed by atoms with Gasteiger partial charge in [0.2, 0.25) is 11.1 Å². The topological polar surface area (TPSA) is 115 Å². The summed E-state index contributed by atoms with van der Waals surface area (Å²) in [6.07, 6.45) is 1.56. The molecular formula is C17H18N6O3S. The van der Waals surface area contributed by atoms with Crippen LogP contribution in [0.4, 0.5) is 5.69 Å². The molecule has 0 aliphatic rings. The SMILES string of the molecule is CC(NC(=O)c1ccc(NC(=O)CSc2nnnn2C)cc1)c1ccco1. The van der Waals surface area contributed by atoms with Crippen LogP contribution in [-0.4, -0.2) is 37.8 Å². The highest BCUT2D eigenvalue weighted by Crippen LogP contribution is 2.16. The third-order valence-corrected chi connectivity index (χ3v) is 4.67. The summed E-state index contributed by atoms with van der Waals surface area (Å²) >= 11 is 1.24. The second-order valence-electron chi connectivity index (χ2n) is 5.71. The van der Waals surface area contributed by atoms with Crippen molar-refractivity contribution in [2.45, 2.75) is 18.1 Å². The Kier molecular flexibility index (Phi) is 5.87. The smallest absolute Gasteiger partial charge is 0.251 e. The summed E-state index contributed by atoms with van der Waals surface area (Å²) in [6.45, 7) is 1.84. The number of nitrogens with one attached hydrogen (secondary N) is 2. The molecule has 0 bridgehead atoms. The van der Waals surface area contributed by atoms with E-state index in [0.717, 1.165) is 0 Å². The maximum Gasteiger partial charge on any atom is 0.251 e. The van der Waals surface area contributed by atoms with E-state index in [1.165, 1.54) is 16.4 Å². The van der Waals surface area contributed by atoms with Crippen molar-refractivity contribution in [3.8, 4) is 0 Å². The third-order valence-electron chi connectivity index (χ3n) is 3.66. The minimum Gasteiger partial charge on any atom is -0.467 e. The molecule has 3 rings (SSSR count). The van der Waals surface area contributed by atoms with Gasteiger partial charge in [0.25, 0.3) is 5.91 Å². The van der Waals surface area contributed by atoms with Gasteiger partial charge in [-0.15, -0.1) is 5.10 Å². The molecule has 1 aromatic carbocycles.